The summed E-state index contributed by atoms with van der Waals surface area (Å²) in [6, 6.07) is 9.45. The molecule has 3 aliphatic carbocycles. The van der Waals surface area contributed by atoms with Crippen molar-refractivity contribution in [3.05, 3.63) is 87.7 Å². The number of hydrogen-bond donors (Lipinski definition) is 2. The number of nitrogens with one attached hydrogen (secondary N) is 2. The maximum Gasteiger partial charge on any atom is 0.358 e. The molecule has 2 saturated carbocycles. The number of hydrogen-bond acceptors (Lipinski definition) is 11. The first-order valence-electron chi connectivity index (χ1n) is 21.4. The van der Waals surface area contributed by atoms with Gasteiger partial charge in [0, 0.05) is 41.9 Å². The van der Waals surface area contributed by atoms with E-state index in [0.29, 0.717) is 47.4 Å². The summed E-state index contributed by atoms with van der Waals surface area (Å²) in [6.07, 6.45) is 5.32. The second kappa shape index (κ2) is 16.7. The van der Waals surface area contributed by atoms with E-state index in [1.54, 1.807) is 39.0 Å². The number of alkyl halides is 1. The van der Waals surface area contributed by atoms with Gasteiger partial charge in [-0.1, -0.05) is 31.0 Å². The lowest BCUT2D eigenvalue weighted by atomic mass is 9.83. The average molecular weight is 869 g/mol. The van der Waals surface area contributed by atoms with Crippen molar-refractivity contribution in [1.82, 2.24) is 40.0 Å². The Bertz CT molecular complexity index is 2450. The van der Waals surface area contributed by atoms with Gasteiger partial charge in [0.1, 0.15) is 34.4 Å². The van der Waals surface area contributed by atoms with Gasteiger partial charge in [-0.05, 0) is 82.1 Å². The molecule has 0 spiro atoms. The van der Waals surface area contributed by atoms with Gasteiger partial charge in [0.2, 0.25) is 11.8 Å². The standard InChI is InChI=1S/C45H53FN8O9/c1-25-17-31(46)30(19-34(25)54-39(56)36-21-33(41(58)63-6)50-53(36)24-45(54,3)43(60)47-28-12-8-9-13-28)26-15-16-29(18-26)48-42(59)44(2)23-52-35(20-32(49-52)40(57)62-5)38(55)51(44)22-27-11-7-10-14-37(27)61-4/h7,10-11,14,19-21,26,28-29,31H,8-9,12-13,15-18,22-24H2,1-6H3,(H,47,60)(H,48,59). The number of amides is 4. The van der Waals surface area contributed by atoms with Crippen molar-refractivity contribution in [2.45, 2.75) is 121 Å². The van der Waals surface area contributed by atoms with Crippen LogP contribution in [0.5, 0.6) is 5.75 Å². The van der Waals surface area contributed by atoms with E-state index in [0.717, 1.165) is 25.7 Å². The van der Waals surface area contributed by atoms with Gasteiger partial charge in [0.25, 0.3) is 11.8 Å². The van der Waals surface area contributed by atoms with E-state index in [-0.39, 0.29) is 66.7 Å². The SMILES string of the molecule is COC(=O)c1cc2n(n1)CC(C)(C(=O)NC1CCC(C3=CC(N4C(=O)c5cc(C(=O)OC)nn5CC4(C)C(=O)NC4CCCC4)=C(C)CC3F)C1)N(Cc1ccccc1OC)C2=O. The van der Waals surface area contributed by atoms with Crippen molar-refractivity contribution in [2.24, 2.45) is 5.92 Å². The average Bonchev–Trinajstić information content (AvgIpc) is 4.11. The molecule has 2 aliphatic heterocycles. The first-order valence-corrected chi connectivity index (χ1v) is 21.4. The molecule has 5 unspecified atom stereocenters. The van der Waals surface area contributed by atoms with Gasteiger partial charge in [-0.15, -0.1) is 0 Å². The van der Waals surface area contributed by atoms with Crippen molar-refractivity contribution in [3.8, 4) is 5.75 Å². The van der Waals surface area contributed by atoms with Gasteiger partial charge in [-0.25, -0.2) is 14.0 Å². The molecule has 18 heteroatoms. The molecule has 5 aliphatic rings. The number of aromatic nitrogens is 4. The Morgan fingerprint density at radius 2 is 1.40 bits per heavy atom. The van der Waals surface area contributed by atoms with Crippen LogP contribution in [0.2, 0.25) is 0 Å². The number of esters is 2. The van der Waals surface area contributed by atoms with Gasteiger partial charge < -0.3 is 29.7 Å². The predicted octanol–water partition coefficient (Wildman–Crippen LogP) is 4.28. The third-order valence-electron chi connectivity index (χ3n) is 13.5. The molecule has 3 aromatic rings. The highest BCUT2D eigenvalue weighted by Crippen LogP contribution is 2.43. The lowest BCUT2D eigenvalue weighted by Crippen LogP contribution is -2.64. The fourth-order valence-electron chi connectivity index (χ4n) is 9.92. The zero-order valence-electron chi connectivity index (χ0n) is 36.4. The Balaban J connectivity index is 1.07. The number of methoxy groups -OCH3 is 3. The molecular weight excluding hydrogens is 816 g/mol. The highest BCUT2D eigenvalue weighted by atomic mass is 19.1. The van der Waals surface area contributed by atoms with Crippen molar-refractivity contribution >= 4 is 35.6 Å². The molecule has 5 atom stereocenters. The van der Waals surface area contributed by atoms with E-state index in [2.05, 4.69) is 20.8 Å². The summed E-state index contributed by atoms with van der Waals surface area (Å²) < 4.78 is 34.4. The Labute approximate surface area is 363 Å². The van der Waals surface area contributed by atoms with Crippen molar-refractivity contribution in [3.63, 3.8) is 0 Å². The molecule has 8 rings (SSSR count). The first kappa shape index (κ1) is 43.3. The van der Waals surface area contributed by atoms with E-state index in [1.165, 1.54) is 52.6 Å². The number of nitrogens with zero attached hydrogens (tertiary/aromatic N) is 6. The Hall–Kier alpha value is -6.33. The Kier molecular flexibility index (Phi) is 11.5. The van der Waals surface area contributed by atoms with E-state index >= 15 is 4.39 Å². The highest BCUT2D eigenvalue weighted by Gasteiger charge is 2.52. The molecule has 2 aromatic heterocycles. The maximum absolute atomic E-state index is 16.4. The fraction of sp³-hybridized carbons (Fsp3) is 0.511. The molecule has 2 fully saturated rings. The number of benzene rings is 1. The van der Waals surface area contributed by atoms with Gasteiger partial charge in [0.05, 0.1) is 41.0 Å². The van der Waals surface area contributed by atoms with Crippen LogP contribution in [0.25, 0.3) is 0 Å². The van der Waals surface area contributed by atoms with Gasteiger partial charge in [-0.3, -0.25) is 33.4 Å². The molecule has 63 heavy (non-hydrogen) atoms. The highest BCUT2D eigenvalue weighted by molar-refractivity contribution is 6.03. The minimum atomic E-state index is -1.49. The van der Waals surface area contributed by atoms with Gasteiger partial charge >= 0.3 is 11.9 Å². The third kappa shape index (κ3) is 7.66. The Morgan fingerprint density at radius 3 is 2.03 bits per heavy atom. The van der Waals surface area contributed by atoms with Crippen LogP contribution in [0.1, 0.15) is 120 Å². The van der Waals surface area contributed by atoms with Crippen LogP contribution in [0.15, 0.2) is 59.3 Å². The number of halogens is 1. The van der Waals surface area contributed by atoms with E-state index in [1.807, 2.05) is 12.1 Å². The monoisotopic (exact) mass is 868 g/mol. The van der Waals surface area contributed by atoms with Crippen LogP contribution in [-0.4, -0.2) is 116 Å². The predicted molar refractivity (Wildman–Crippen MR) is 223 cm³/mol. The maximum atomic E-state index is 16.4. The molecular formula is C45H53FN8O9. The quantitative estimate of drug-likeness (QED) is 0.261. The molecule has 4 amide bonds. The minimum Gasteiger partial charge on any atom is -0.496 e. The second-order valence-corrected chi connectivity index (χ2v) is 17.6. The summed E-state index contributed by atoms with van der Waals surface area (Å²) in [5.74, 6) is -3.13. The minimum absolute atomic E-state index is 0.0106. The summed E-state index contributed by atoms with van der Waals surface area (Å²) >= 11 is 0. The van der Waals surface area contributed by atoms with E-state index < -0.39 is 53.0 Å². The summed E-state index contributed by atoms with van der Waals surface area (Å²) in [5, 5.41) is 15.0. The molecule has 2 N–H and O–H groups in total. The number of rotatable bonds is 11. The number of fused-ring (bicyclic) bond motifs is 2. The number of ether oxygens (including phenoxy) is 3. The third-order valence-corrected chi connectivity index (χ3v) is 13.5. The zero-order chi connectivity index (χ0) is 45.0. The van der Waals surface area contributed by atoms with E-state index in [9.17, 15) is 28.8 Å². The van der Waals surface area contributed by atoms with E-state index in [4.69, 9.17) is 14.2 Å². The molecule has 17 nitrogen and oxygen atoms in total. The van der Waals surface area contributed by atoms with Gasteiger partial charge in [0.15, 0.2) is 11.4 Å². The molecule has 0 bridgehead atoms. The van der Waals surface area contributed by atoms with Crippen LogP contribution in [0.4, 0.5) is 4.39 Å². The van der Waals surface area contributed by atoms with Crippen LogP contribution in [0, 0.1) is 5.92 Å². The lowest BCUT2D eigenvalue weighted by molar-refractivity contribution is -0.134. The van der Waals surface area contributed by atoms with Crippen LogP contribution in [0.3, 0.4) is 0 Å². The number of carbonyl (C=O) groups is 6. The normalized spacial score (nSPS) is 26.0. The number of carbonyl (C=O) groups excluding carboxylic acids is 6. The molecule has 1 aromatic carbocycles. The molecule has 334 valence electrons. The van der Waals surface area contributed by atoms with Crippen molar-refractivity contribution < 1.29 is 47.4 Å². The number of allylic oxidation sites excluding steroid dienone is 3. The van der Waals surface area contributed by atoms with Crippen LogP contribution in [-0.2, 0) is 38.7 Å². The van der Waals surface area contributed by atoms with Crippen molar-refractivity contribution in [2.75, 3.05) is 21.3 Å². The summed E-state index contributed by atoms with van der Waals surface area (Å²) in [7, 11) is 3.96. The topological polar surface area (TPSA) is 196 Å². The summed E-state index contributed by atoms with van der Waals surface area (Å²) in [5.41, 5.74) is -0.766. The Morgan fingerprint density at radius 1 is 0.810 bits per heavy atom. The zero-order valence-corrected chi connectivity index (χ0v) is 36.4. The van der Waals surface area contributed by atoms with Gasteiger partial charge in [-0.2, -0.15) is 10.2 Å². The number of para-hydroxylation sites is 1. The van der Waals surface area contributed by atoms with Crippen molar-refractivity contribution in [1.29, 1.82) is 0 Å². The summed E-state index contributed by atoms with van der Waals surface area (Å²) in [4.78, 5) is 85.6. The second-order valence-electron chi connectivity index (χ2n) is 17.6. The first-order chi connectivity index (χ1) is 30.1. The lowest BCUT2D eigenvalue weighted by Gasteiger charge is -2.45. The molecule has 0 saturated heterocycles. The largest absolute Gasteiger partial charge is 0.496 e. The fourth-order valence-corrected chi connectivity index (χ4v) is 9.92. The van der Waals surface area contributed by atoms with Crippen LogP contribution < -0.4 is 15.4 Å². The van der Waals surface area contributed by atoms with Crippen LogP contribution >= 0.6 is 0 Å². The smallest absolute Gasteiger partial charge is 0.358 e. The summed E-state index contributed by atoms with van der Waals surface area (Å²) in [6.45, 7) is 4.97. The molecule has 0 radical (unpaired) electrons. The molecule has 4 heterocycles.